The van der Waals surface area contributed by atoms with Gasteiger partial charge in [0.05, 0.1) is 10.5 Å². The summed E-state index contributed by atoms with van der Waals surface area (Å²) in [5, 5.41) is 0.969. The van der Waals surface area contributed by atoms with Crippen LogP contribution in [0.1, 0.15) is 4.88 Å². The Morgan fingerprint density at radius 2 is 1.81 bits per heavy atom. The third-order valence-electron chi connectivity index (χ3n) is 2.11. The molecule has 6 heteroatoms. The Morgan fingerprint density at radius 1 is 1.19 bits per heavy atom. The first-order valence-corrected chi connectivity index (χ1v) is 5.79. The largest absolute Gasteiger partial charge is 1.00 e. The summed E-state index contributed by atoms with van der Waals surface area (Å²) in [5.74, 6) is 0. The smallest absolute Gasteiger partial charge is 0.600 e. The maximum atomic E-state index is 12.7. The molecule has 88 valence electrons. The van der Waals surface area contributed by atoms with Crippen LogP contribution in [-0.4, -0.2) is 0 Å². The van der Waals surface area contributed by atoms with Gasteiger partial charge in [-0.1, -0.05) is 11.6 Å². The fourth-order valence-corrected chi connectivity index (χ4v) is 3.61. The first-order chi connectivity index (χ1) is 6.89. The summed E-state index contributed by atoms with van der Waals surface area (Å²) < 4.78 is 38.5. The molecular weight excluding hydrogens is 325 g/mol. The first kappa shape index (κ1) is 13.8. The van der Waals surface area contributed by atoms with Gasteiger partial charge < -0.3 is 17.0 Å². The molecule has 0 radical (unpaired) electrons. The molecular formula is C10H7BrClF3S. The third-order valence-corrected chi connectivity index (χ3v) is 4.36. The number of rotatable bonds is 0. The van der Waals surface area contributed by atoms with E-state index in [9.17, 15) is 13.2 Å². The average Bonchev–Trinajstić information content (AvgIpc) is 2.38. The molecule has 0 amide bonds. The normalized spacial score (nSPS) is 12.7. The predicted octanol–water partition coefficient (Wildman–Crippen LogP) is 2.03. The van der Waals surface area contributed by atoms with Crippen molar-refractivity contribution in [2.45, 2.75) is 12.4 Å². The van der Waals surface area contributed by atoms with Crippen molar-refractivity contribution in [3.8, 4) is 0 Å². The summed E-state index contributed by atoms with van der Waals surface area (Å²) in [4.78, 5) is 0.347. The second-order valence-corrected chi connectivity index (χ2v) is 5.78. The van der Waals surface area contributed by atoms with Gasteiger partial charge in [0.15, 0.2) is 9.58 Å². The molecule has 0 bridgehead atoms. The van der Waals surface area contributed by atoms with Crippen molar-refractivity contribution in [1.82, 2.24) is 0 Å². The third kappa shape index (κ3) is 2.36. The Morgan fingerprint density at radius 3 is 2.38 bits per heavy atom. The van der Waals surface area contributed by atoms with Crippen LogP contribution in [0.3, 0.4) is 0 Å². The van der Waals surface area contributed by atoms with E-state index in [0.29, 0.717) is 15.3 Å². The fraction of sp³-hybridized carbons (Fsp3) is 0.200. The molecule has 0 spiro atoms. The molecule has 1 aromatic carbocycles. The molecule has 0 aliphatic heterocycles. The van der Waals surface area contributed by atoms with Crippen LogP contribution in [0.4, 0.5) is 13.2 Å². The van der Waals surface area contributed by atoms with E-state index in [1.54, 1.807) is 18.2 Å². The van der Waals surface area contributed by atoms with Gasteiger partial charge in [-0.25, -0.2) is 0 Å². The van der Waals surface area contributed by atoms with E-state index >= 15 is 0 Å². The zero-order chi connectivity index (χ0) is 11.2. The van der Waals surface area contributed by atoms with Crippen molar-refractivity contribution >= 4 is 32.2 Å². The van der Waals surface area contributed by atoms with Crippen LogP contribution in [0.15, 0.2) is 24.3 Å². The van der Waals surface area contributed by atoms with Crippen molar-refractivity contribution in [1.29, 1.82) is 0 Å². The number of benzene rings is 1. The standard InChI is InChI=1S/C10H7ClF3S.BrH/c1-6-4-7-2-3-8(11)5-9(7)15(6)10(12,13)14;/h2-5H,1H3;1H/q+1;/p-1. The second kappa shape index (κ2) is 4.55. The monoisotopic (exact) mass is 330 g/mol. The van der Waals surface area contributed by atoms with Gasteiger partial charge in [0.25, 0.3) is 0 Å². The van der Waals surface area contributed by atoms with E-state index in [-0.39, 0.29) is 21.7 Å². The predicted molar refractivity (Wildman–Crippen MR) is 57.5 cm³/mol. The van der Waals surface area contributed by atoms with Gasteiger partial charge in [-0.05, 0) is 12.1 Å². The number of hydrogen-bond acceptors (Lipinski definition) is 0. The molecule has 0 nitrogen and oxygen atoms in total. The number of halogens is 5. The lowest BCUT2D eigenvalue weighted by Crippen LogP contribution is -3.00. The lowest BCUT2D eigenvalue weighted by Gasteiger charge is -1.96. The zero-order valence-electron chi connectivity index (χ0n) is 8.11. The molecule has 1 heterocycles. The molecule has 0 aliphatic rings. The molecule has 1 aromatic heterocycles. The highest BCUT2D eigenvalue weighted by atomic mass is 79.9. The lowest BCUT2D eigenvalue weighted by molar-refractivity contribution is -0.0867. The quantitative estimate of drug-likeness (QED) is 0.648. The van der Waals surface area contributed by atoms with E-state index in [4.69, 9.17) is 11.6 Å². The number of thiophene rings is 1. The molecule has 0 saturated carbocycles. The molecule has 0 saturated heterocycles. The molecule has 1 unspecified atom stereocenters. The van der Waals surface area contributed by atoms with Crippen LogP contribution in [0, 0.1) is 6.92 Å². The molecule has 2 aromatic rings. The molecule has 2 rings (SSSR count). The number of aryl methyl sites for hydroxylation is 1. The highest BCUT2D eigenvalue weighted by molar-refractivity contribution is 7.38. The number of alkyl halides is 3. The van der Waals surface area contributed by atoms with E-state index in [1.165, 1.54) is 13.0 Å². The first-order valence-electron chi connectivity index (χ1n) is 4.18. The van der Waals surface area contributed by atoms with Crippen LogP contribution < -0.4 is 17.0 Å². The van der Waals surface area contributed by atoms with Gasteiger partial charge >= 0.3 is 5.51 Å². The molecule has 1 atom stereocenters. The summed E-state index contributed by atoms with van der Waals surface area (Å²) in [6, 6.07) is 6.20. The summed E-state index contributed by atoms with van der Waals surface area (Å²) >= 11 is 5.70. The van der Waals surface area contributed by atoms with Crippen LogP contribution >= 0.6 is 22.1 Å². The minimum atomic E-state index is -4.21. The maximum Gasteiger partial charge on any atom is 0.600 e. The molecule has 0 fully saturated rings. The fourth-order valence-electron chi connectivity index (χ4n) is 1.56. The Hall–Kier alpha value is -0.260. The van der Waals surface area contributed by atoms with E-state index in [0.717, 1.165) is 0 Å². The van der Waals surface area contributed by atoms with Gasteiger partial charge in [-0.15, -0.1) is 13.2 Å². The summed E-state index contributed by atoms with van der Waals surface area (Å²) in [6.07, 6.45) is 0. The topological polar surface area (TPSA) is 0 Å². The van der Waals surface area contributed by atoms with Crippen molar-refractivity contribution < 1.29 is 30.2 Å². The van der Waals surface area contributed by atoms with Crippen LogP contribution in [0.5, 0.6) is 0 Å². The average molecular weight is 332 g/mol. The summed E-state index contributed by atoms with van der Waals surface area (Å²) in [7, 11) is -1.80. The number of fused-ring (bicyclic) bond motifs is 1. The summed E-state index contributed by atoms with van der Waals surface area (Å²) in [6.45, 7) is 1.50. The van der Waals surface area contributed by atoms with Crippen LogP contribution in [0.25, 0.3) is 10.1 Å². The van der Waals surface area contributed by atoms with Crippen molar-refractivity contribution in [2.75, 3.05) is 0 Å². The highest BCUT2D eigenvalue weighted by Crippen LogP contribution is 2.50. The van der Waals surface area contributed by atoms with Crippen molar-refractivity contribution in [2.24, 2.45) is 0 Å². The van der Waals surface area contributed by atoms with Gasteiger partial charge in [-0.2, -0.15) is 0 Å². The molecule has 0 N–H and O–H groups in total. The minimum absolute atomic E-state index is 0. The lowest BCUT2D eigenvalue weighted by atomic mass is 10.2. The SMILES string of the molecule is Cc1cc2ccc(Cl)cc2[s+]1C(F)(F)F.[Br-]. The van der Waals surface area contributed by atoms with Crippen LogP contribution in [0.2, 0.25) is 5.02 Å². The van der Waals surface area contributed by atoms with Gasteiger partial charge in [-0.3, -0.25) is 0 Å². The van der Waals surface area contributed by atoms with Crippen molar-refractivity contribution in [3.63, 3.8) is 0 Å². The van der Waals surface area contributed by atoms with E-state index in [2.05, 4.69) is 0 Å². The molecule has 0 aliphatic carbocycles. The van der Waals surface area contributed by atoms with E-state index in [1.807, 2.05) is 0 Å². The summed E-state index contributed by atoms with van der Waals surface area (Å²) in [5.41, 5.74) is -4.21. The van der Waals surface area contributed by atoms with Crippen molar-refractivity contribution in [3.05, 3.63) is 34.2 Å². The van der Waals surface area contributed by atoms with Crippen LogP contribution in [-0.2, 0) is 5.51 Å². The second-order valence-electron chi connectivity index (χ2n) is 3.19. The van der Waals surface area contributed by atoms with Gasteiger partial charge in [0.1, 0.15) is 0 Å². The Bertz CT molecular complexity index is 518. The maximum absolute atomic E-state index is 12.7. The highest BCUT2D eigenvalue weighted by Gasteiger charge is 2.46. The Labute approximate surface area is 109 Å². The van der Waals surface area contributed by atoms with Gasteiger partial charge in [0.2, 0.25) is 0 Å². The number of hydrogen-bond donors (Lipinski definition) is 0. The Balaban J connectivity index is 0.00000128. The molecule has 16 heavy (non-hydrogen) atoms. The minimum Gasteiger partial charge on any atom is -1.00 e. The zero-order valence-corrected chi connectivity index (χ0v) is 11.3. The Kier molecular flexibility index (Phi) is 3.92. The van der Waals surface area contributed by atoms with Gasteiger partial charge in [0, 0.05) is 29.5 Å². The van der Waals surface area contributed by atoms with E-state index < -0.39 is 16.0 Å².